The van der Waals surface area contributed by atoms with Gasteiger partial charge in [0.2, 0.25) is 5.91 Å². The van der Waals surface area contributed by atoms with Crippen LogP contribution in [-0.2, 0) is 9.59 Å². The summed E-state index contributed by atoms with van der Waals surface area (Å²) in [6, 6.07) is 5.09. The second-order valence-electron chi connectivity index (χ2n) is 9.41. The molecular weight excluding hydrogens is 446 g/mol. The fourth-order valence-electron chi connectivity index (χ4n) is 4.82. The number of hydrogen-bond acceptors (Lipinski definition) is 5. The lowest BCUT2D eigenvalue weighted by Crippen LogP contribution is -2.48. The minimum Gasteiger partial charge on any atom is -0.490 e. The van der Waals surface area contributed by atoms with Crippen LogP contribution in [-0.4, -0.2) is 73.0 Å². The van der Waals surface area contributed by atoms with Gasteiger partial charge in [0.25, 0.3) is 11.8 Å². The number of likely N-dealkylation sites (tertiary alicyclic amines) is 2. The van der Waals surface area contributed by atoms with Crippen LogP contribution in [0.1, 0.15) is 76.1 Å². The smallest absolute Gasteiger partial charge is 0.260 e. The number of hydrogen-bond donors (Lipinski definition) is 1. The largest absolute Gasteiger partial charge is 0.490 e. The van der Waals surface area contributed by atoms with Crippen LogP contribution in [0.5, 0.6) is 11.5 Å². The van der Waals surface area contributed by atoms with Crippen molar-refractivity contribution in [1.29, 1.82) is 0 Å². The van der Waals surface area contributed by atoms with Crippen LogP contribution in [0, 0.1) is 5.92 Å². The number of carbonyl (C=O) groups is 3. The summed E-state index contributed by atoms with van der Waals surface area (Å²) >= 11 is 0. The molecule has 2 aliphatic heterocycles. The van der Waals surface area contributed by atoms with Crippen molar-refractivity contribution in [3.63, 3.8) is 0 Å². The summed E-state index contributed by atoms with van der Waals surface area (Å²) in [7, 11) is 0. The van der Waals surface area contributed by atoms with Gasteiger partial charge < -0.3 is 24.6 Å². The van der Waals surface area contributed by atoms with Crippen molar-refractivity contribution in [3.8, 4) is 11.5 Å². The average Bonchev–Trinajstić information content (AvgIpc) is 2.89. The second kappa shape index (κ2) is 13.4. The number of carbonyl (C=O) groups excluding carboxylic acids is 3. The van der Waals surface area contributed by atoms with Gasteiger partial charge in [-0.3, -0.25) is 14.4 Å². The Labute approximate surface area is 209 Å². The van der Waals surface area contributed by atoms with Gasteiger partial charge in [-0.15, -0.1) is 0 Å². The molecule has 0 atom stereocenters. The van der Waals surface area contributed by atoms with Gasteiger partial charge in [0, 0.05) is 43.7 Å². The monoisotopic (exact) mass is 487 g/mol. The van der Waals surface area contributed by atoms with Crippen molar-refractivity contribution >= 4 is 17.7 Å². The van der Waals surface area contributed by atoms with Gasteiger partial charge >= 0.3 is 0 Å². The Kier molecular flexibility index (Phi) is 10.2. The van der Waals surface area contributed by atoms with Crippen LogP contribution < -0.4 is 14.8 Å². The van der Waals surface area contributed by atoms with E-state index in [2.05, 4.69) is 19.2 Å². The molecule has 1 N–H and O–H groups in total. The van der Waals surface area contributed by atoms with Crippen LogP contribution in [0.15, 0.2) is 18.2 Å². The van der Waals surface area contributed by atoms with Crippen LogP contribution in [0.3, 0.4) is 0 Å². The number of nitrogens with zero attached hydrogens (tertiary/aromatic N) is 2. The number of ether oxygens (including phenoxy) is 2. The predicted molar refractivity (Wildman–Crippen MR) is 135 cm³/mol. The summed E-state index contributed by atoms with van der Waals surface area (Å²) in [6.07, 6.45) is 6.45. The van der Waals surface area contributed by atoms with Crippen molar-refractivity contribution in [2.45, 2.75) is 71.8 Å². The van der Waals surface area contributed by atoms with Crippen molar-refractivity contribution in [2.75, 3.05) is 39.4 Å². The molecule has 1 aromatic rings. The zero-order chi connectivity index (χ0) is 25.2. The number of amides is 3. The molecule has 0 spiro atoms. The first-order valence-corrected chi connectivity index (χ1v) is 13.2. The first-order chi connectivity index (χ1) is 17.0. The number of nitrogens with one attached hydrogen (secondary N) is 1. The summed E-state index contributed by atoms with van der Waals surface area (Å²) in [4.78, 5) is 41.8. The SMILES string of the molecule is CCOc1cc(C(=O)NC2CCN(C(=O)C(CC)CC)CC2)ccc1OCC(=O)N1CCCCC1. The third kappa shape index (κ3) is 7.36. The van der Waals surface area contributed by atoms with E-state index < -0.39 is 0 Å². The van der Waals surface area contributed by atoms with Gasteiger partial charge in [-0.2, -0.15) is 0 Å². The lowest BCUT2D eigenvalue weighted by Gasteiger charge is -2.34. The van der Waals surface area contributed by atoms with Gasteiger partial charge in [-0.1, -0.05) is 13.8 Å². The molecule has 2 heterocycles. The van der Waals surface area contributed by atoms with E-state index in [-0.39, 0.29) is 36.3 Å². The van der Waals surface area contributed by atoms with E-state index in [1.807, 2.05) is 16.7 Å². The van der Waals surface area contributed by atoms with E-state index in [0.29, 0.717) is 36.8 Å². The molecular formula is C27H41N3O5. The first-order valence-electron chi connectivity index (χ1n) is 13.2. The van der Waals surface area contributed by atoms with Gasteiger partial charge in [-0.05, 0) is 70.1 Å². The summed E-state index contributed by atoms with van der Waals surface area (Å²) in [5.41, 5.74) is 0.485. The molecule has 2 aliphatic rings. The normalized spacial score (nSPS) is 16.8. The molecule has 0 saturated carbocycles. The summed E-state index contributed by atoms with van der Waals surface area (Å²) < 4.78 is 11.5. The lowest BCUT2D eigenvalue weighted by atomic mass is 9.98. The molecule has 1 aromatic carbocycles. The zero-order valence-corrected chi connectivity index (χ0v) is 21.5. The Morgan fingerprint density at radius 2 is 1.60 bits per heavy atom. The minimum absolute atomic E-state index is 0.0250. The maximum Gasteiger partial charge on any atom is 0.260 e. The van der Waals surface area contributed by atoms with E-state index in [1.54, 1.807) is 18.2 Å². The zero-order valence-electron chi connectivity index (χ0n) is 21.5. The molecule has 2 saturated heterocycles. The standard InChI is InChI=1S/C27H41N3O5/c1-4-20(5-2)27(33)30-16-12-22(13-17-30)28-26(32)21-10-11-23(24(18-21)34-6-3)35-19-25(31)29-14-8-7-9-15-29/h10-11,18,20,22H,4-9,12-17,19H2,1-3H3,(H,28,32). The topological polar surface area (TPSA) is 88.2 Å². The highest BCUT2D eigenvalue weighted by Gasteiger charge is 2.27. The van der Waals surface area contributed by atoms with Crippen LogP contribution in [0.2, 0.25) is 0 Å². The third-order valence-corrected chi connectivity index (χ3v) is 7.04. The van der Waals surface area contributed by atoms with Gasteiger partial charge in [-0.25, -0.2) is 0 Å². The molecule has 194 valence electrons. The van der Waals surface area contributed by atoms with E-state index >= 15 is 0 Å². The summed E-state index contributed by atoms with van der Waals surface area (Å²) in [6.45, 7) is 9.26. The van der Waals surface area contributed by atoms with E-state index in [4.69, 9.17) is 9.47 Å². The molecule has 0 aliphatic carbocycles. The Morgan fingerprint density at radius 1 is 0.914 bits per heavy atom. The molecule has 8 nitrogen and oxygen atoms in total. The Morgan fingerprint density at radius 3 is 2.23 bits per heavy atom. The van der Waals surface area contributed by atoms with Gasteiger partial charge in [0.15, 0.2) is 18.1 Å². The molecule has 8 heteroatoms. The fraction of sp³-hybridized carbons (Fsp3) is 0.667. The van der Waals surface area contributed by atoms with Gasteiger partial charge in [0.05, 0.1) is 6.61 Å². The molecule has 0 bridgehead atoms. The maximum atomic E-state index is 12.9. The molecule has 0 aromatic heterocycles. The van der Waals surface area contributed by atoms with Crippen molar-refractivity contribution in [2.24, 2.45) is 5.92 Å². The summed E-state index contributed by atoms with van der Waals surface area (Å²) in [5, 5.41) is 3.10. The fourth-order valence-corrected chi connectivity index (χ4v) is 4.82. The molecule has 3 amide bonds. The second-order valence-corrected chi connectivity index (χ2v) is 9.41. The summed E-state index contributed by atoms with van der Waals surface area (Å²) in [5.74, 6) is 1.04. The van der Waals surface area contributed by atoms with Crippen LogP contribution >= 0.6 is 0 Å². The van der Waals surface area contributed by atoms with E-state index in [0.717, 1.165) is 58.0 Å². The highest BCUT2D eigenvalue weighted by atomic mass is 16.5. The lowest BCUT2D eigenvalue weighted by molar-refractivity contribution is -0.137. The maximum absolute atomic E-state index is 12.9. The van der Waals surface area contributed by atoms with E-state index in [9.17, 15) is 14.4 Å². The quantitative estimate of drug-likeness (QED) is 0.545. The highest BCUT2D eigenvalue weighted by molar-refractivity contribution is 5.95. The molecule has 0 radical (unpaired) electrons. The number of piperidine rings is 2. The molecule has 3 rings (SSSR count). The van der Waals surface area contributed by atoms with Crippen molar-refractivity contribution in [3.05, 3.63) is 23.8 Å². The number of rotatable bonds is 10. The van der Waals surface area contributed by atoms with Gasteiger partial charge in [0.1, 0.15) is 0 Å². The number of benzene rings is 1. The molecule has 2 fully saturated rings. The minimum atomic E-state index is -0.174. The molecule has 35 heavy (non-hydrogen) atoms. The highest BCUT2D eigenvalue weighted by Crippen LogP contribution is 2.29. The predicted octanol–water partition coefficient (Wildman–Crippen LogP) is 3.63. The first kappa shape index (κ1) is 26.8. The van der Waals surface area contributed by atoms with Crippen molar-refractivity contribution in [1.82, 2.24) is 15.1 Å². The van der Waals surface area contributed by atoms with Crippen LogP contribution in [0.4, 0.5) is 0 Å². The Hall–Kier alpha value is -2.77. The third-order valence-electron chi connectivity index (χ3n) is 7.04. The van der Waals surface area contributed by atoms with Crippen LogP contribution in [0.25, 0.3) is 0 Å². The van der Waals surface area contributed by atoms with Crippen molar-refractivity contribution < 1.29 is 23.9 Å². The molecule has 0 unspecified atom stereocenters. The Balaban J connectivity index is 1.54. The average molecular weight is 488 g/mol. The Bertz CT molecular complexity index is 856. The van der Waals surface area contributed by atoms with E-state index in [1.165, 1.54) is 0 Å².